The minimum Gasteiger partial charge on any atom is -0.497 e. The number of nitrogens with zero attached hydrogens (tertiary/aromatic N) is 2. The Labute approximate surface area is 154 Å². The highest BCUT2D eigenvalue weighted by Crippen LogP contribution is 2.25. The van der Waals surface area contributed by atoms with Gasteiger partial charge < -0.3 is 14.4 Å². The Hall–Kier alpha value is -2.93. The molecule has 1 heterocycles. The number of carbonyl (C=O) groups excluding carboxylic acids is 1. The summed E-state index contributed by atoms with van der Waals surface area (Å²) < 4.78 is 7.59. The van der Waals surface area contributed by atoms with Crippen molar-refractivity contribution in [1.82, 2.24) is 4.57 Å². The Balaban J connectivity index is 2.19. The van der Waals surface area contributed by atoms with Crippen LogP contribution in [0.1, 0.15) is 28.9 Å². The molecular formula is C19H18N2O4S. The molecule has 0 bridgehead atoms. The Morgan fingerprint density at radius 3 is 2.50 bits per heavy atom. The van der Waals surface area contributed by atoms with Gasteiger partial charge in [0.15, 0.2) is 4.80 Å². The van der Waals surface area contributed by atoms with E-state index in [2.05, 4.69) is 4.99 Å². The third-order valence-electron chi connectivity index (χ3n) is 4.07. The first kappa shape index (κ1) is 17.9. The van der Waals surface area contributed by atoms with Crippen LogP contribution in [0.15, 0.2) is 47.5 Å². The molecule has 0 saturated heterocycles. The smallest absolute Gasteiger partial charge is 0.326 e. The normalized spacial score (nSPS) is 13.0. The molecule has 0 aliphatic rings. The quantitative estimate of drug-likeness (QED) is 0.763. The molecule has 3 rings (SSSR count). The van der Waals surface area contributed by atoms with E-state index in [4.69, 9.17) is 4.74 Å². The molecule has 7 heteroatoms. The second-order valence-corrected chi connectivity index (χ2v) is 6.89. The lowest BCUT2D eigenvalue weighted by Gasteiger charge is -2.10. The number of benzene rings is 2. The number of carboxylic acid groups (broad SMARTS) is 1. The van der Waals surface area contributed by atoms with Gasteiger partial charge >= 0.3 is 5.97 Å². The van der Waals surface area contributed by atoms with Crippen molar-refractivity contribution in [2.24, 2.45) is 4.99 Å². The minimum absolute atomic E-state index is 0.341. The predicted molar refractivity (Wildman–Crippen MR) is 99.8 cm³/mol. The molecular weight excluding hydrogens is 352 g/mol. The number of fused-ring (bicyclic) bond motifs is 1. The first-order valence-electron chi connectivity index (χ1n) is 7.98. The molecule has 0 saturated carbocycles. The number of rotatable bonds is 4. The number of thiazole rings is 1. The maximum absolute atomic E-state index is 12.5. The van der Waals surface area contributed by atoms with Crippen molar-refractivity contribution in [2.75, 3.05) is 7.11 Å². The number of amides is 1. The topological polar surface area (TPSA) is 80.9 Å². The molecule has 0 aliphatic carbocycles. The van der Waals surface area contributed by atoms with Gasteiger partial charge in [-0.1, -0.05) is 29.0 Å². The van der Waals surface area contributed by atoms with Gasteiger partial charge in [0, 0.05) is 5.56 Å². The van der Waals surface area contributed by atoms with Crippen molar-refractivity contribution in [3.8, 4) is 5.75 Å². The van der Waals surface area contributed by atoms with Gasteiger partial charge in [-0.2, -0.15) is 4.99 Å². The molecule has 1 unspecified atom stereocenters. The average Bonchev–Trinajstić information content (AvgIpc) is 2.97. The number of aromatic nitrogens is 1. The maximum atomic E-state index is 12.5. The zero-order valence-electron chi connectivity index (χ0n) is 14.6. The fourth-order valence-corrected chi connectivity index (χ4v) is 3.69. The summed E-state index contributed by atoms with van der Waals surface area (Å²) in [6, 6.07) is 11.6. The summed E-state index contributed by atoms with van der Waals surface area (Å²) in [5.41, 5.74) is 2.20. The molecule has 1 aromatic heterocycles. The lowest BCUT2D eigenvalue weighted by atomic mass is 10.1. The van der Waals surface area contributed by atoms with Gasteiger partial charge in [-0.05, 0) is 44.2 Å². The summed E-state index contributed by atoms with van der Waals surface area (Å²) in [6.45, 7) is 3.50. The number of hydrogen-bond acceptors (Lipinski definition) is 4. The van der Waals surface area contributed by atoms with Crippen LogP contribution in [0.2, 0.25) is 0 Å². The van der Waals surface area contributed by atoms with Crippen molar-refractivity contribution in [2.45, 2.75) is 19.9 Å². The molecule has 3 aromatic rings. The van der Waals surface area contributed by atoms with Gasteiger partial charge in [-0.25, -0.2) is 4.79 Å². The molecule has 1 atom stereocenters. The van der Waals surface area contributed by atoms with Gasteiger partial charge in [0.2, 0.25) is 0 Å². The van der Waals surface area contributed by atoms with E-state index in [0.29, 0.717) is 21.6 Å². The lowest BCUT2D eigenvalue weighted by molar-refractivity contribution is -0.140. The summed E-state index contributed by atoms with van der Waals surface area (Å²) in [7, 11) is 1.56. The third-order valence-corrected chi connectivity index (χ3v) is 5.09. The van der Waals surface area contributed by atoms with Gasteiger partial charge in [0.05, 0.1) is 17.3 Å². The van der Waals surface area contributed by atoms with Gasteiger partial charge in [0.1, 0.15) is 11.8 Å². The molecule has 0 aliphatic heterocycles. The van der Waals surface area contributed by atoms with E-state index >= 15 is 0 Å². The average molecular weight is 370 g/mol. The molecule has 26 heavy (non-hydrogen) atoms. The minimum atomic E-state index is -0.996. The lowest BCUT2D eigenvalue weighted by Crippen LogP contribution is -2.25. The highest BCUT2D eigenvalue weighted by Gasteiger charge is 2.19. The summed E-state index contributed by atoms with van der Waals surface area (Å²) in [5, 5.41) is 9.45. The van der Waals surface area contributed by atoms with Crippen molar-refractivity contribution < 1.29 is 19.4 Å². The van der Waals surface area contributed by atoms with Gasteiger partial charge in [-0.15, -0.1) is 0 Å². The maximum Gasteiger partial charge on any atom is 0.326 e. The van der Waals surface area contributed by atoms with E-state index in [-0.39, 0.29) is 0 Å². The van der Waals surface area contributed by atoms with Crippen LogP contribution in [0.5, 0.6) is 5.75 Å². The number of carboxylic acids is 1. The highest BCUT2D eigenvalue weighted by atomic mass is 32.1. The van der Waals surface area contributed by atoms with E-state index in [0.717, 1.165) is 10.3 Å². The molecule has 0 spiro atoms. The summed E-state index contributed by atoms with van der Waals surface area (Å²) >= 11 is 1.26. The van der Waals surface area contributed by atoms with Crippen molar-refractivity contribution in [3.05, 3.63) is 58.4 Å². The highest BCUT2D eigenvalue weighted by molar-refractivity contribution is 7.16. The first-order chi connectivity index (χ1) is 12.4. The van der Waals surface area contributed by atoms with Crippen molar-refractivity contribution >= 4 is 33.4 Å². The van der Waals surface area contributed by atoms with Crippen LogP contribution in [-0.4, -0.2) is 28.7 Å². The van der Waals surface area contributed by atoms with Crippen molar-refractivity contribution in [1.29, 1.82) is 0 Å². The van der Waals surface area contributed by atoms with Gasteiger partial charge in [-0.3, -0.25) is 4.79 Å². The SMILES string of the molecule is COc1ccc2c(c1)s/c(=N\C(=O)c1ccc(C)cc1)n2C(C)C(=O)O. The Bertz CT molecular complexity index is 1050. The van der Waals surface area contributed by atoms with Gasteiger partial charge in [0.25, 0.3) is 5.91 Å². The number of ether oxygens (including phenoxy) is 1. The van der Waals surface area contributed by atoms with E-state index in [1.807, 2.05) is 19.1 Å². The van der Waals surface area contributed by atoms with Crippen LogP contribution in [0.4, 0.5) is 0 Å². The predicted octanol–water partition coefficient (Wildman–Crippen LogP) is 3.41. The molecule has 2 aromatic carbocycles. The van der Waals surface area contributed by atoms with Crippen LogP contribution >= 0.6 is 11.3 Å². The number of aryl methyl sites for hydroxylation is 1. The fourth-order valence-electron chi connectivity index (χ4n) is 2.56. The largest absolute Gasteiger partial charge is 0.497 e. The molecule has 1 amide bonds. The van der Waals surface area contributed by atoms with Crippen molar-refractivity contribution in [3.63, 3.8) is 0 Å². The Kier molecular flexibility index (Phi) is 4.90. The number of carbonyl (C=O) groups is 2. The van der Waals surface area contributed by atoms with E-state index in [1.165, 1.54) is 11.3 Å². The van der Waals surface area contributed by atoms with E-state index in [9.17, 15) is 14.7 Å². The summed E-state index contributed by atoms with van der Waals surface area (Å²) in [4.78, 5) is 28.6. The number of hydrogen-bond donors (Lipinski definition) is 1. The number of methoxy groups -OCH3 is 1. The van der Waals surface area contributed by atoms with Crippen LogP contribution in [0, 0.1) is 6.92 Å². The Morgan fingerprint density at radius 1 is 1.19 bits per heavy atom. The zero-order valence-corrected chi connectivity index (χ0v) is 15.4. The van der Waals surface area contributed by atoms with E-state index in [1.54, 1.807) is 48.9 Å². The standard InChI is InChI=1S/C19H18N2O4S/c1-11-4-6-13(7-5-11)17(22)20-19-21(12(2)18(23)24)15-9-8-14(25-3)10-16(15)26-19/h4-10,12H,1-3H3,(H,23,24)/b20-19-. The van der Waals surface area contributed by atoms with Crippen LogP contribution in [0.3, 0.4) is 0 Å². The number of aliphatic carboxylic acids is 1. The molecule has 134 valence electrons. The molecule has 1 N–H and O–H groups in total. The van der Waals surface area contributed by atoms with Crippen LogP contribution in [0.25, 0.3) is 10.2 Å². The second-order valence-electron chi connectivity index (χ2n) is 5.89. The monoisotopic (exact) mass is 370 g/mol. The van der Waals surface area contributed by atoms with E-state index < -0.39 is 17.9 Å². The molecule has 0 fully saturated rings. The first-order valence-corrected chi connectivity index (χ1v) is 8.80. The summed E-state index contributed by atoms with van der Waals surface area (Å²) in [5.74, 6) is -0.745. The van der Waals surface area contributed by atoms with Crippen LogP contribution < -0.4 is 9.54 Å². The summed E-state index contributed by atoms with van der Waals surface area (Å²) in [6.07, 6.45) is 0. The fraction of sp³-hybridized carbons (Fsp3) is 0.211. The Morgan fingerprint density at radius 2 is 1.88 bits per heavy atom. The van der Waals surface area contributed by atoms with Crippen LogP contribution in [-0.2, 0) is 4.79 Å². The molecule has 6 nitrogen and oxygen atoms in total. The molecule has 0 radical (unpaired) electrons. The second kappa shape index (κ2) is 7.13. The zero-order chi connectivity index (χ0) is 18.8. The third kappa shape index (κ3) is 3.39.